The third-order valence-corrected chi connectivity index (χ3v) is 13.8. The molecule has 2 aromatic carbocycles. The first-order valence-corrected chi connectivity index (χ1v) is 25.7. The van der Waals surface area contributed by atoms with E-state index in [0.717, 1.165) is 72.7 Å². The van der Waals surface area contributed by atoms with Crippen molar-refractivity contribution in [2.24, 2.45) is 9.98 Å². The van der Waals surface area contributed by atoms with Crippen molar-refractivity contribution in [1.82, 2.24) is 0 Å². The van der Waals surface area contributed by atoms with Gasteiger partial charge in [-0.2, -0.15) is 11.4 Å². The van der Waals surface area contributed by atoms with Crippen molar-refractivity contribution < 1.29 is 38.2 Å². The van der Waals surface area contributed by atoms with Crippen LogP contribution < -0.4 is 0 Å². The number of nitrogens with zero attached hydrogens (tertiary/aromatic N) is 5. The van der Waals surface area contributed by atoms with Gasteiger partial charge in [0.05, 0.1) is 12.1 Å². The van der Waals surface area contributed by atoms with Gasteiger partial charge in [-0.1, -0.05) is 181 Å². The zero-order chi connectivity index (χ0) is 36.8. The van der Waals surface area contributed by atoms with E-state index in [1.807, 2.05) is 0 Å². The Labute approximate surface area is 340 Å². The monoisotopic (exact) mass is 862 g/mol. The van der Waals surface area contributed by atoms with Crippen molar-refractivity contribution in [1.29, 1.82) is 0 Å². The number of hydrogen-bond donors (Lipinski definition) is 0. The van der Waals surface area contributed by atoms with Gasteiger partial charge in [0.15, 0.2) is 0 Å². The van der Waals surface area contributed by atoms with Crippen LogP contribution in [0.1, 0.15) is 103 Å². The molecule has 8 heteroatoms. The average molecular weight is 862 g/mol. The van der Waals surface area contributed by atoms with Gasteiger partial charge in [-0.15, -0.1) is 11.4 Å². The molecule has 0 aliphatic heterocycles. The van der Waals surface area contributed by atoms with Crippen LogP contribution >= 0.6 is 0 Å². The molecule has 0 bridgehead atoms. The van der Waals surface area contributed by atoms with E-state index in [1.165, 1.54) is 35.1 Å². The quantitative estimate of drug-likeness (QED) is 0.134. The minimum absolute atomic E-state index is 0. The van der Waals surface area contributed by atoms with Gasteiger partial charge in [-0.25, -0.2) is 0 Å². The Hall–Kier alpha value is -1.47. The Morgan fingerprint density at radius 1 is 0.600 bits per heavy atom. The predicted molar refractivity (Wildman–Crippen MR) is 226 cm³/mol. The first kappa shape index (κ1) is 46.5. The average Bonchev–Trinajstić information content (AvgIpc) is 3.00. The Morgan fingerprint density at radius 2 is 0.900 bits per heavy atom. The topological polar surface area (TPSA) is 67.0 Å². The minimum atomic E-state index is -1.11. The Morgan fingerprint density at radius 3 is 1.14 bits per heavy atom. The fraction of sp³-hybridized carbons (Fsp3) is 0.571. The van der Waals surface area contributed by atoms with Crippen molar-refractivity contribution in [3.63, 3.8) is 0 Å². The van der Waals surface area contributed by atoms with Crippen LogP contribution in [0.3, 0.4) is 0 Å². The first-order valence-electron chi connectivity index (χ1n) is 18.8. The molecule has 2 atom stereocenters. The van der Waals surface area contributed by atoms with E-state index in [9.17, 15) is 0 Å². The molecule has 279 valence electrons. The van der Waals surface area contributed by atoms with Crippen LogP contribution in [-0.2, 0) is 25.7 Å². The fourth-order valence-electron chi connectivity index (χ4n) is 6.74. The molecule has 3 rings (SSSR count). The SMILES string of the molecule is CCc1cccc(CC)c1[N-]/C(C)=C\C(C)=N[C@H]1CCCC[C@@H]1N=C(C)/C=C(/C)[N-]c1c(CC)cccc1CC.C[Si](C)(C)[N-][Si](C)(C)C.[Dy+3]. The summed E-state index contributed by atoms with van der Waals surface area (Å²) in [5.74, 6) is 0. The minimum Gasteiger partial charge on any atom is -0.668 e. The van der Waals surface area contributed by atoms with Gasteiger partial charge in [-0.05, 0) is 52.4 Å². The molecule has 0 aromatic heterocycles. The van der Waals surface area contributed by atoms with Crippen LogP contribution in [0.15, 0.2) is 69.9 Å². The van der Waals surface area contributed by atoms with Gasteiger partial charge in [0.2, 0.25) is 0 Å². The standard InChI is InChI=1S/C36H50N4.C6H18NSi2.Dy/c1-9-29-17-15-18-30(10-2)35(29)39-27(7)23-25(5)37-33-21-13-14-22-34(33)38-26(6)24-28(8)40-36-31(11-3)19-16-20-32(36)12-4;1-8(2,3)7-9(4,5)6;/h15-20,23-24,33-34H,9-14,21-22H2,1-8H3;1-6H3;/q-2;-1;+3/b27-23-,28-24-,37-25?,38-26?;;/t33-,34-;;/m0../s1. The molecule has 2 aromatic rings. The van der Waals surface area contributed by atoms with Crippen molar-refractivity contribution >= 4 is 39.3 Å². The molecule has 1 saturated carbocycles. The molecule has 0 spiro atoms. The third-order valence-electron chi connectivity index (χ3n) is 8.45. The zero-order valence-electron chi connectivity index (χ0n) is 34.0. The summed E-state index contributed by atoms with van der Waals surface area (Å²) in [7, 11) is -2.21. The summed E-state index contributed by atoms with van der Waals surface area (Å²) in [6.07, 6.45) is 12.8. The van der Waals surface area contributed by atoms with Crippen molar-refractivity contribution in [2.45, 2.75) is 158 Å². The maximum atomic E-state index is 5.16. The number of allylic oxidation sites excluding steroid dienone is 4. The maximum absolute atomic E-state index is 5.16. The van der Waals surface area contributed by atoms with E-state index in [4.69, 9.17) is 25.3 Å². The third kappa shape index (κ3) is 16.9. The van der Waals surface area contributed by atoms with Crippen molar-refractivity contribution in [2.75, 3.05) is 0 Å². The van der Waals surface area contributed by atoms with Gasteiger partial charge in [0, 0.05) is 11.4 Å². The molecule has 0 N–H and O–H groups in total. The zero-order valence-corrected chi connectivity index (χ0v) is 38.0. The number of rotatable bonds is 14. The Balaban J connectivity index is 0.00000110. The van der Waals surface area contributed by atoms with E-state index in [0.29, 0.717) is 0 Å². The number of hydrogen-bond acceptors (Lipinski definition) is 2. The number of para-hydroxylation sites is 2. The molecular formula is C42H68DyN5Si2. The summed E-state index contributed by atoms with van der Waals surface area (Å²) >= 11 is 0. The van der Waals surface area contributed by atoms with E-state index >= 15 is 0 Å². The molecule has 0 heterocycles. The summed E-state index contributed by atoms with van der Waals surface area (Å²) in [5, 5.41) is 10.1. The Bertz CT molecular complexity index is 1310. The molecule has 1 aliphatic carbocycles. The van der Waals surface area contributed by atoms with Gasteiger partial charge >= 0.3 is 38.2 Å². The van der Waals surface area contributed by atoms with E-state index in [1.54, 1.807) is 0 Å². The summed E-state index contributed by atoms with van der Waals surface area (Å²) in [6, 6.07) is 13.5. The van der Waals surface area contributed by atoms with E-state index in [-0.39, 0.29) is 50.3 Å². The van der Waals surface area contributed by atoms with Crippen molar-refractivity contribution in [3.05, 3.63) is 97.5 Å². The molecule has 0 amide bonds. The predicted octanol–water partition coefficient (Wildman–Crippen LogP) is 13.7. The van der Waals surface area contributed by atoms with Crippen LogP contribution in [0.2, 0.25) is 39.3 Å². The van der Waals surface area contributed by atoms with Gasteiger partial charge in [0.25, 0.3) is 0 Å². The van der Waals surface area contributed by atoms with Gasteiger partial charge in [-0.3, -0.25) is 9.98 Å². The second-order valence-electron chi connectivity index (χ2n) is 15.5. The normalized spacial score (nSPS) is 17.8. The van der Waals surface area contributed by atoms with Crippen LogP contribution in [0.4, 0.5) is 11.4 Å². The number of aliphatic imine (C=N–C) groups is 2. The molecule has 50 heavy (non-hydrogen) atoms. The second kappa shape index (κ2) is 22.6. The summed E-state index contributed by atoms with van der Waals surface area (Å²) in [4.78, 5) is 10.3. The first-order chi connectivity index (χ1) is 23.0. The molecule has 0 saturated heterocycles. The largest absolute Gasteiger partial charge is 3.00 e. The van der Waals surface area contributed by atoms with E-state index in [2.05, 4.69) is 143 Å². The fourth-order valence-corrected chi connectivity index (χ4v) is 14.8. The maximum Gasteiger partial charge on any atom is 3.00 e. The van der Waals surface area contributed by atoms with Gasteiger partial charge < -0.3 is 15.3 Å². The summed E-state index contributed by atoms with van der Waals surface area (Å²) < 4.78 is 4.82. The molecule has 1 radical (unpaired) electrons. The van der Waals surface area contributed by atoms with Crippen LogP contribution in [-0.4, -0.2) is 40.0 Å². The van der Waals surface area contributed by atoms with E-state index < -0.39 is 16.5 Å². The molecule has 5 nitrogen and oxygen atoms in total. The molecule has 1 aliphatic rings. The molecule has 0 unspecified atom stereocenters. The molecular weight excluding hydrogens is 793 g/mol. The summed E-state index contributed by atoms with van der Waals surface area (Å²) in [6.45, 7) is 31.0. The molecule has 1 fully saturated rings. The van der Waals surface area contributed by atoms with Crippen molar-refractivity contribution in [3.8, 4) is 0 Å². The summed E-state index contributed by atoms with van der Waals surface area (Å²) in [5.41, 5.74) is 11.5. The number of aryl methyl sites for hydroxylation is 4. The van der Waals surface area contributed by atoms with Gasteiger partial charge in [0.1, 0.15) is 0 Å². The Kier molecular flexibility index (Phi) is 21.0. The smallest absolute Gasteiger partial charge is 0.668 e. The second-order valence-corrected chi connectivity index (χ2v) is 25.1. The van der Waals surface area contributed by atoms with Crippen LogP contribution in [0.25, 0.3) is 15.3 Å². The number of benzene rings is 2. The van der Waals surface area contributed by atoms with Crippen LogP contribution in [0, 0.1) is 38.2 Å². The van der Waals surface area contributed by atoms with Crippen LogP contribution in [0.5, 0.6) is 0 Å².